The Bertz CT molecular complexity index is 73.0. The third kappa shape index (κ3) is 27.4. The number of hydrogen-bond acceptors (Lipinski definition) is 4. The summed E-state index contributed by atoms with van der Waals surface area (Å²) in [5.41, 5.74) is 0. The molecule has 0 aliphatic carbocycles. The molecule has 5 heteroatoms. The van der Waals surface area contributed by atoms with Gasteiger partial charge in [0.05, 0.1) is 0 Å². The van der Waals surface area contributed by atoms with Gasteiger partial charge >= 0.3 is 41.2 Å². The molecule has 0 N–H and O–H groups in total. The molecule has 0 aliphatic heterocycles. The first-order valence-corrected chi connectivity index (χ1v) is 11.4. The number of hydrogen-bond donors (Lipinski definition) is 0. The van der Waals surface area contributed by atoms with Gasteiger partial charge in [-0.25, -0.2) is 0 Å². The van der Waals surface area contributed by atoms with Crippen molar-refractivity contribution in [1.29, 1.82) is 0 Å². The zero-order chi connectivity index (χ0) is 3.58. The van der Waals surface area contributed by atoms with Crippen molar-refractivity contribution in [2.45, 2.75) is 0 Å². The van der Waals surface area contributed by atoms with Crippen molar-refractivity contribution in [2.75, 3.05) is 0 Å². The van der Waals surface area contributed by atoms with Crippen LogP contribution in [0.25, 0.3) is 0 Å². The molecular formula is HReS4-. The fourth-order valence-corrected chi connectivity index (χ4v) is 0. The molecule has 5 heavy (non-hydrogen) atoms. The molecule has 0 spiro atoms. The average molecular weight is 315 g/mol. The van der Waals surface area contributed by atoms with E-state index in [-0.39, 0.29) is 13.5 Å². The predicted octanol–water partition coefficient (Wildman–Crippen LogP) is 1.67. The van der Waals surface area contributed by atoms with Crippen LogP contribution < -0.4 is 0 Å². The van der Waals surface area contributed by atoms with E-state index in [4.69, 9.17) is 0 Å². The summed E-state index contributed by atoms with van der Waals surface area (Å²) in [6.45, 7) is 0. The van der Waals surface area contributed by atoms with Crippen LogP contribution >= 0.6 is 29.8 Å². The third-order valence-corrected chi connectivity index (χ3v) is 0. The summed E-state index contributed by atoms with van der Waals surface area (Å²) in [5, 5.41) is 0. The van der Waals surface area contributed by atoms with Crippen molar-refractivity contribution in [3.8, 4) is 0 Å². The van der Waals surface area contributed by atoms with Gasteiger partial charge in [0.25, 0.3) is 0 Å². The van der Waals surface area contributed by atoms with Crippen LogP contribution in [0.1, 0.15) is 0 Å². The van der Waals surface area contributed by atoms with E-state index in [0.717, 1.165) is 0 Å². The molecular weight excluding hydrogens is 314 g/mol. The molecule has 0 nitrogen and oxygen atoms in total. The Labute approximate surface area is 54.2 Å². The molecule has 0 saturated carbocycles. The van der Waals surface area contributed by atoms with E-state index in [1.165, 1.54) is 0 Å². The van der Waals surface area contributed by atoms with Crippen LogP contribution in [0, 0.1) is 0 Å². The Balaban J connectivity index is 0. The van der Waals surface area contributed by atoms with Crippen LogP contribution in [0.3, 0.4) is 0 Å². The minimum atomic E-state index is -1.71. The quantitative estimate of drug-likeness (QED) is 0.492. The Kier molecular flexibility index (Phi) is 11.2. The van der Waals surface area contributed by atoms with Crippen molar-refractivity contribution in [2.24, 2.45) is 0 Å². The summed E-state index contributed by atoms with van der Waals surface area (Å²) in [6, 6.07) is 0. The van der Waals surface area contributed by atoms with Gasteiger partial charge in [0.15, 0.2) is 0 Å². The summed E-state index contributed by atoms with van der Waals surface area (Å²) in [7, 11) is 13.3. The fraction of sp³-hybridized carbons (Fsp3) is 0. The summed E-state index contributed by atoms with van der Waals surface area (Å²) in [6.07, 6.45) is 0. The Morgan fingerprint density at radius 3 is 1.00 bits per heavy atom. The van der Waals surface area contributed by atoms with E-state index in [9.17, 15) is 0 Å². The van der Waals surface area contributed by atoms with E-state index in [1.807, 2.05) is 0 Å². The normalized spacial score (nSPS) is 4.80. The summed E-state index contributed by atoms with van der Waals surface area (Å²) >= 11 is -1.71. The zero-order valence-electron chi connectivity index (χ0n) is 2.05. The van der Waals surface area contributed by atoms with E-state index >= 15 is 0 Å². The fourth-order valence-electron chi connectivity index (χ4n) is 0. The second-order valence-corrected chi connectivity index (χ2v) is 13.9. The van der Waals surface area contributed by atoms with E-state index < -0.39 is 11.4 Å². The van der Waals surface area contributed by atoms with Gasteiger partial charge in [-0.15, -0.1) is 0 Å². The average Bonchev–Trinajstić information content (AvgIpc) is 0.811. The Hall–Kier alpha value is 1.67. The third-order valence-electron chi connectivity index (χ3n) is 0. The van der Waals surface area contributed by atoms with Gasteiger partial charge in [-0.2, -0.15) is 0 Å². The molecule has 0 atom stereocenters. The molecule has 0 aliphatic rings. The first kappa shape index (κ1) is 9.83. The molecule has 0 rings (SSSR count). The molecule has 0 aromatic heterocycles. The molecule has 0 bridgehead atoms. The zero-order valence-corrected chi connectivity index (χ0v) is 8.11. The van der Waals surface area contributed by atoms with Crippen LogP contribution in [0.5, 0.6) is 0 Å². The van der Waals surface area contributed by atoms with E-state index in [1.54, 1.807) is 0 Å². The first-order chi connectivity index (χ1) is 1.73. The second kappa shape index (κ2) is 5.67. The number of thiol groups is 1. The van der Waals surface area contributed by atoms with Gasteiger partial charge in [0.2, 0.25) is 0 Å². The minimum absolute atomic E-state index is 0. The van der Waals surface area contributed by atoms with Gasteiger partial charge in [0, 0.05) is 0 Å². The van der Waals surface area contributed by atoms with Crippen LogP contribution in [0.15, 0.2) is 0 Å². The van der Waals surface area contributed by atoms with Crippen LogP contribution in [-0.4, -0.2) is 0 Å². The molecule has 0 saturated heterocycles. The molecule has 0 fully saturated rings. The molecule has 0 radical (unpaired) electrons. The molecule has 0 amide bonds. The van der Waals surface area contributed by atoms with E-state index in [2.05, 4.69) is 29.8 Å². The summed E-state index contributed by atoms with van der Waals surface area (Å²) < 4.78 is 0. The molecule has 0 aromatic carbocycles. The molecule has 33 valence electrons. The van der Waals surface area contributed by atoms with Gasteiger partial charge < -0.3 is 13.5 Å². The second-order valence-electron chi connectivity index (χ2n) is 0.189. The maximum absolute atomic E-state index is 4.44. The molecule has 0 heterocycles. The first-order valence-electron chi connectivity index (χ1n) is 0.463. The van der Waals surface area contributed by atoms with Crippen molar-refractivity contribution < 1.29 is 11.4 Å². The Morgan fingerprint density at radius 2 is 1.00 bits per heavy atom. The van der Waals surface area contributed by atoms with Crippen molar-refractivity contribution in [3.63, 3.8) is 0 Å². The van der Waals surface area contributed by atoms with Crippen LogP contribution in [0.4, 0.5) is 0 Å². The van der Waals surface area contributed by atoms with Crippen molar-refractivity contribution in [3.05, 3.63) is 0 Å². The van der Waals surface area contributed by atoms with Crippen molar-refractivity contribution in [1.82, 2.24) is 0 Å². The summed E-state index contributed by atoms with van der Waals surface area (Å²) in [4.78, 5) is 0. The van der Waals surface area contributed by atoms with Gasteiger partial charge in [-0.3, -0.25) is 0 Å². The topological polar surface area (TPSA) is 0 Å². The predicted molar refractivity (Wildman–Crippen MR) is 31.5 cm³/mol. The Morgan fingerprint density at radius 1 is 1.00 bits per heavy atom. The van der Waals surface area contributed by atoms with Gasteiger partial charge in [-0.05, 0) is 0 Å². The van der Waals surface area contributed by atoms with Crippen LogP contribution in [-0.2, 0) is 24.9 Å². The van der Waals surface area contributed by atoms with Gasteiger partial charge in [-0.1, -0.05) is 0 Å². The standard InChI is InChI=1S/Re.H2S.3S/h;1H2;;;/p-1. The molecule has 0 unspecified atom stereocenters. The maximum atomic E-state index is 4.44. The SMILES string of the molecule is [SH-].[S]=[Re](=[S])=[S]. The summed E-state index contributed by atoms with van der Waals surface area (Å²) in [5.74, 6) is 0. The molecule has 0 aromatic rings. The van der Waals surface area contributed by atoms with E-state index in [0.29, 0.717) is 0 Å². The monoisotopic (exact) mass is 316 g/mol. The van der Waals surface area contributed by atoms with Crippen LogP contribution in [0.2, 0.25) is 0 Å². The number of rotatable bonds is 0. The van der Waals surface area contributed by atoms with Crippen molar-refractivity contribution >= 4 is 43.3 Å². The van der Waals surface area contributed by atoms with Gasteiger partial charge in [0.1, 0.15) is 0 Å².